The molecule has 0 heterocycles. The van der Waals surface area contributed by atoms with Crippen LogP contribution in [-0.2, 0) is 12.8 Å². The summed E-state index contributed by atoms with van der Waals surface area (Å²) in [5.74, 6) is 0. The van der Waals surface area contributed by atoms with E-state index in [1.807, 2.05) is 18.2 Å². The maximum Gasteiger partial charge on any atom is 0.0855 e. The van der Waals surface area contributed by atoms with E-state index in [1.54, 1.807) is 0 Å². The average molecular weight is 263 g/mol. The third-order valence-electron chi connectivity index (χ3n) is 3.39. The van der Waals surface area contributed by atoms with Crippen molar-refractivity contribution in [2.75, 3.05) is 0 Å². The van der Waals surface area contributed by atoms with Crippen molar-refractivity contribution in [2.24, 2.45) is 0 Å². The van der Waals surface area contributed by atoms with E-state index in [2.05, 4.69) is 24.3 Å². The summed E-state index contributed by atoms with van der Waals surface area (Å²) in [6.45, 7) is 0. The van der Waals surface area contributed by atoms with E-state index in [0.717, 1.165) is 23.4 Å². The van der Waals surface area contributed by atoms with E-state index in [1.165, 1.54) is 16.7 Å². The molecule has 0 amide bonds. The quantitative estimate of drug-likeness (QED) is 0.601. The van der Waals surface area contributed by atoms with Gasteiger partial charge in [-0.15, -0.1) is 11.6 Å². The first kappa shape index (κ1) is 11.1. The van der Waals surface area contributed by atoms with Gasteiger partial charge in [-0.05, 0) is 41.2 Å². The molecule has 2 heteroatoms. The molecule has 0 fully saturated rings. The van der Waals surface area contributed by atoms with Gasteiger partial charge in [-0.2, -0.15) is 0 Å². The lowest BCUT2D eigenvalue weighted by Crippen LogP contribution is -1.97. The van der Waals surface area contributed by atoms with Gasteiger partial charge in [0.25, 0.3) is 0 Å². The molecule has 2 aromatic rings. The second-order valence-electron chi connectivity index (χ2n) is 4.37. The molecule has 0 aliphatic heterocycles. The highest BCUT2D eigenvalue weighted by atomic mass is 35.5. The van der Waals surface area contributed by atoms with Crippen LogP contribution in [0.1, 0.15) is 27.6 Å². The van der Waals surface area contributed by atoms with Crippen molar-refractivity contribution >= 4 is 23.2 Å². The summed E-state index contributed by atoms with van der Waals surface area (Å²) in [6.07, 6.45) is 2.04. The number of benzene rings is 2. The van der Waals surface area contributed by atoms with Crippen LogP contribution in [0.5, 0.6) is 0 Å². The van der Waals surface area contributed by atoms with Gasteiger partial charge < -0.3 is 0 Å². The first-order valence-electron chi connectivity index (χ1n) is 5.76. The standard InChI is InChI=1S/C15H12Cl2/c16-13-7-3-5-11-9-8-10-4-1-2-6-12(10)15(17)14(11)13/h1-7,15H,8-9H2. The number of alkyl halides is 1. The van der Waals surface area contributed by atoms with Gasteiger partial charge in [0.15, 0.2) is 0 Å². The van der Waals surface area contributed by atoms with Gasteiger partial charge in [0.2, 0.25) is 0 Å². The van der Waals surface area contributed by atoms with Gasteiger partial charge in [-0.1, -0.05) is 48.0 Å². The van der Waals surface area contributed by atoms with E-state index in [0.29, 0.717) is 0 Å². The van der Waals surface area contributed by atoms with Crippen molar-refractivity contribution in [3.8, 4) is 0 Å². The second-order valence-corrected chi connectivity index (χ2v) is 5.22. The lowest BCUT2D eigenvalue weighted by Gasteiger charge is -2.14. The molecule has 0 radical (unpaired) electrons. The first-order chi connectivity index (χ1) is 8.27. The van der Waals surface area contributed by atoms with Gasteiger partial charge in [-0.25, -0.2) is 0 Å². The highest BCUT2D eigenvalue weighted by Gasteiger charge is 2.23. The fourth-order valence-electron chi connectivity index (χ4n) is 2.52. The molecule has 17 heavy (non-hydrogen) atoms. The van der Waals surface area contributed by atoms with Crippen molar-refractivity contribution in [2.45, 2.75) is 18.2 Å². The molecule has 0 saturated carbocycles. The maximum atomic E-state index is 6.60. The Balaban J connectivity index is 2.22. The minimum Gasteiger partial charge on any atom is -0.113 e. The number of hydrogen-bond donors (Lipinski definition) is 0. The summed E-state index contributed by atoms with van der Waals surface area (Å²) in [5.41, 5.74) is 4.88. The minimum atomic E-state index is -0.127. The van der Waals surface area contributed by atoms with E-state index in [9.17, 15) is 0 Å². The number of aryl methyl sites for hydroxylation is 2. The fourth-order valence-corrected chi connectivity index (χ4v) is 3.35. The first-order valence-corrected chi connectivity index (χ1v) is 6.58. The molecule has 1 aliphatic rings. The molecule has 3 rings (SSSR count). The van der Waals surface area contributed by atoms with Crippen molar-refractivity contribution in [1.82, 2.24) is 0 Å². The predicted molar refractivity (Wildman–Crippen MR) is 73.0 cm³/mol. The minimum absolute atomic E-state index is 0.127. The zero-order chi connectivity index (χ0) is 11.8. The molecule has 0 saturated heterocycles. The molecule has 0 aromatic heterocycles. The molecule has 1 atom stereocenters. The molecule has 2 aromatic carbocycles. The second kappa shape index (κ2) is 4.36. The van der Waals surface area contributed by atoms with Gasteiger partial charge in [0, 0.05) is 5.02 Å². The molecule has 1 aliphatic carbocycles. The van der Waals surface area contributed by atoms with E-state index in [-0.39, 0.29) is 5.38 Å². The molecule has 0 bridgehead atoms. The summed E-state index contributed by atoms with van der Waals surface area (Å²) in [7, 11) is 0. The number of fused-ring (bicyclic) bond motifs is 2. The van der Waals surface area contributed by atoms with Gasteiger partial charge in [-0.3, -0.25) is 0 Å². The Hall–Kier alpha value is -0.980. The van der Waals surface area contributed by atoms with Crippen LogP contribution in [0, 0.1) is 0 Å². The monoisotopic (exact) mass is 262 g/mol. The maximum absolute atomic E-state index is 6.60. The zero-order valence-corrected chi connectivity index (χ0v) is 10.8. The zero-order valence-electron chi connectivity index (χ0n) is 9.29. The Labute approximate surface area is 111 Å². The molecule has 0 spiro atoms. The number of halogens is 2. The molecule has 1 unspecified atom stereocenters. The molecule has 0 nitrogen and oxygen atoms in total. The smallest absolute Gasteiger partial charge is 0.0855 e. The van der Waals surface area contributed by atoms with Crippen molar-refractivity contribution in [3.63, 3.8) is 0 Å². The van der Waals surface area contributed by atoms with Gasteiger partial charge in [0.1, 0.15) is 0 Å². The fraction of sp³-hybridized carbons (Fsp3) is 0.200. The molecular formula is C15H12Cl2. The van der Waals surface area contributed by atoms with E-state index in [4.69, 9.17) is 23.2 Å². The Bertz CT molecular complexity index is 561. The van der Waals surface area contributed by atoms with Crippen LogP contribution < -0.4 is 0 Å². The van der Waals surface area contributed by atoms with Crippen molar-refractivity contribution in [3.05, 3.63) is 69.7 Å². The Morgan fingerprint density at radius 2 is 1.59 bits per heavy atom. The Morgan fingerprint density at radius 1 is 0.882 bits per heavy atom. The summed E-state index contributed by atoms with van der Waals surface area (Å²) in [5, 5.41) is 0.650. The average Bonchev–Trinajstić information content (AvgIpc) is 2.49. The summed E-state index contributed by atoms with van der Waals surface area (Å²) in [6, 6.07) is 14.4. The van der Waals surface area contributed by atoms with E-state index < -0.39 is 0 Å². The lowest BCUT2D eigenvalue weighted by molar-refractivity contribution is 0.965. The molecule has 0 N–H and O–H groups in total. The normalized spacial score (nSPS) is 18.1. The van der Waals surface area contributed by atoms with Crippen LogP contribution in [-0.4, -0.2) is 0 Å². The number of hydrogen-bond acceptors (Lipinski definition) is 0. The Morgan fingerprint density at radius 3 is 2.47 bits per heavy atom. The van der Waals surface area contributed by atoms with E-state index >= 15 is 0 Å². The van der Waals surface area contributed by atoms with Crippen molar-refractivity contribution in [1.29, 1.82) is 0 Å². The summed E-state index contributed by atoms with van der Waals surface area (Å²) >= 11 is 12.9. The van der Waals surface area contributed by atoms with Crippen LogP contribution in [0.25, 0.3) is 0 Å². The topological polar surface area (TPSA) is 0 Å². The van der Waals surface area contributed by atoms with Gasteiger partial charge in [0.05, 0.1) is 5.38 Å². The van der Waals surface area contributed by atoms with Crippen LogP contribution in [0.15, 0.2) is 42.5 Å². The van der Waals surface area contributed by atoms with Crippen LogP contribution in [0.4, 0.5) is 0 Å². The third kappa shape index (κ3) is 1.86. The molecular weight excluding hydrogens is 251 g/mol. The lowest BCUT2D eigenvalue weighted by atomic mass is 10.00. The SMILES string of the molecule is Clc1cccc2c1C(Cl)c1ccccc1CC2. The summed E-state index contributed by atoms with van der Waals surface area (Å²) < 4.78 is 0. The Kier molecular flexibility index (Phi) is 2.85. The number of rotatable bonds is 0. The summed E-state index contributed by atoms with van der Waals surface area (Å²) in [4.78, 5) is 0. The highest BCUT2D eigenvalue weighted by Crippen LogP contribution is 2.40. The van der Waals surface area contributed by atoms with Gasteiger partial charge >= 0.3 is 0 Å². The molecule has 86 valence electrons. The predicted octanol–water partition coefficient (Wildman–Crippen LogP) is 4.77. The van der Waals surface area contributed by atoms with Crippen LogP contribution in [0.2, 0.25) is 5.02 Å². The third-order valence-corrected chi connectivity index (χ3v) is 4.17. The van der Waals surface area contributed by atoms with Crippen LogP contribution in [0.3, 0.4) is 0 Å². The largest absolute Gasteiger partial charge is 0.113 e. The van der Waals surface area contributed by atoms with Crippen LogP contribution >= 0.6 is 23.2 Å². The highest BCUT2D eigenvalue weighted by molar-refractivity contribution is 6.33. The van der Waals surface area contributed by atoms with Crippen molar-refractivity contribution < 1.29 is 0 Å².